The number of amides is 1. The first-order chi connectivity index (χ1) is 7.52. The molecule has 0 aromatic heterocycles. The summed E-state index contributed by atoms with van der Waals surface area (Å²) in [5, 5.41) is 11.6. The Balaban J connectivity index is 4.09. The Hall–Kier alpha value is -0.710. The Bertz CT molecular complexity index is 233. The van der Waals surface area contributed by atoms with Crippen LogP contribution >= 0.6 is 11.8 Å². The van der Waals surface area contributed by atoms with E-state index >= 15 is 0 Å². The second kappa shape index (κ2) is 8.44. The van der Waals surface area contributed by atoms with E-state index in [1.54, 1.807) is 11.8 Å². The molecule has 2 N–H and O–H groups in total. The highest BCUT2D eigenvalue weighted by Crippen LogP contribution is 2.08. The van der Waals surface area contributed by atoms with Crippen molar-refractivity contribution in [2.24, 2.45) is 5.92 Å². The summed E-state index contributed by atoms with van der Waals surface area (Å²) in [6.07, 6.45) is 3.92. The number of aliphatic carboxylic acids is 1. The van der Waals surface area contributed by atoms with Crippen LogP contribution in [0, 0.1) is 5.92 Å². The number of carbonyl (C=O) groups is 2. The Morgan fingerprint density at radius 3 is 2.50 bits per heavy atom. The summed E-state index contributed by atoms with van der Waals surface area (Å²) >= 11 is 1.68. The summed E-state index contributed by atoms with van der Waals surface area (Å²) in [7, 11) is 0. The molecule has 94 valence electrons. The van der Waals surface area contributed by atoms with Crippen molar-refractivity contribution in [3.63, 3.8) is 0 Å². The predicted octanol–water partition coefficient (Wildman–Crippen LogP) is 1.75. The second-order valence-electron chi connectivity index (χ2n) is 3.87. The minimum atomic E-state index is -0.951. The van der Waals surface area contributed by atoms with E-state index in [0.29, 0.717) is 6.42 Å². The van der Waals surface area contributed by atoms with Crippen LogP contribution in [0.2, 0.25) is 0 Å². The van der Waals surface area contributed by atoms with Gasteiger partial charge in [-0.3, -0.25) is 4.79 Å². The van der Waals surface area contributed by atoms with E-state index in [1.165, 1.54) is 0 Å². The average Bonchev–Trinajstić information content (AvgIpc) is 2.25. The van der Waals surface area contributed by atoms with Crippen molar-refractivity contribution >= 4 is 23.6 Å². The summed E-state index contributed by atoms with van der Waals surface area (Å²) in [5.41, 5.74) is 0. The van der Waals surface area contributed by atoms with Gasteiger partial charge in [0.1, 0.15) is 6.04 Å². The van der Waals surface area contributed by atoms with Gasteiger partial charge in [-0.15, -0.1) is 0 Å². The first-order valence-corrected chi connectivity index (χ1v) is 6.93. The van der Waals surface area contributed by atoms with Gasteiger partial charge in [-0.2, -0.15) is 11.8 Å². The molecule has 0 spiro atoms. The monoisotopic (exact) mass is 247 g/mol. The lowest BCUT2D eigenvalue weighted by atomic mass is 9.99. The molecule has 0 rings (SSSR count). The van der Waals surface area contributed by atoms with Gasteiger partial charge in [0.15, 0.2) is 0 Å². The van der Waals surface area contributed by atoms with E-state index < -0.39 is 12.0 Å². The maximum absolute atomic E-state index is 11.5. The normalized spacial score (nSPS) is 14.2. The number of hydrogen-bond donors (Lipinski definition) is 2. The van der Waals surface area contributed by atoms with Crippen LogP contribution < -0.4 is 5.32 Å². The van der Waals surface area contributed by atoms with Crippen molar-refractivity contribution in [2.45, 2.75) is 39.2 Å². The van der Waals surface area contributed by atoms with E-state index in [9.17, 15) is 9.59 Å². The first-order valence-electron chi connectivity index (χ1n) is 5.54. The van der Waals surface area contributed by atoms with Crippen molar-refractivity contribution in [3.8, 4) is 0 Å². The number of carboxylic acids is 1. The Morgan fingerprint density at radius 1 is 1.44 bits per heavy atom. The number of carbonyl (C=O) groups excluding carboxylic acids is 1. The summed E-state index contributed by atoms with van der Waals surface area (Å²) < 4.78 is 0. The van der Waals surface area contributed by atoms with Crippen molar-refractivity contribution in [1.29, 1.82) is 0 Å². The Morgan fingerprint density at radius 2 is 2.06 bits per heavy atom. The average molecular weight is 247 g/mol. The van der Waals surface area contributed by atoms with Crippen LogP contribution in [0.15, 0.2) is 0 Å². The first kappa shape index (κ1) is 15.3. The van der Waals surface area contributed by atoms with Gasteiger partial charge in [0, 0.05) is 6.42 Å². The van der Waals surface area contributed by atoms with Gasteiger partial charge in [0.25, 0.3) is 0 Å². The largest absolute Gasteiger partial charge is 0.480 e. The third-order valence-corrected chi connectivity index (χ3v) is 3.24. The van der Waals surface area contributed by atoms with Crippen LogP contribution in [0.4, 0.5) is 0 Å². The fourth-order valence-electron chi connectivity index (χ4n) is 1.31. The molecule has 0 aliphatic rings. The topological polar surface area (TPSA) is 66.4 Å². The minimum absolute atomic E-state index is 0.0398. The predicted molar refractivity (Wildman–Crippen MR) is 66.6 cm³/mol. The molecule has 0 bridgehead atoms. The van der Waals surface area contributed by atoms with Gasteiger partial charge in [-0.05, 0) is 24.3 Å². The smallest absolute Gasteiger partial charge is 0.326 e. The molecule has 5 heteroatoms. The van der Waals surface area contributed by atoms with Crippen molar-refractivity contribution in [2.75, 3.05) is 12.0 Å². The number of hydrogen-bond acceptors (Lipinski definition) is 3. The van der Waals surface area contributed by atoms with Crippen LogP contribution in [0.25, 0.3) is 0 Å². The van der Waals surface area contributed by atoms with E-state index in [0.717, 1.165) is 18.6 Å². The molecule has 4 nitrogen and oxygen atoms in total. The van der Waals surface area contributed by atoms with Crippen molar-refractivity contribution in [3.05, 3.63) is 0 Å². The molecule has 2 atom stereocenters. The highest BCUT2D eigenvalue weighted by Gasteiger charge is 2.24. The molecule has 2 unspecified atom stereocenters. The molecule has 0 aromatic rings. The number of thioether (sulfide) groups is 1. The van der Waals surface area contributed by atoms with Gasteiger partial charge in [0.05, 0.1) is 0 Å². The molecule has 0 saturated heterocycles. The maximum atomic E-state index is 11.5. The van der Waals surface area contributed by atoms with Gasteiger partial charge in [-0.1, -0.05) is 20.3 Å². The summed E-state index contributed by atoms with van der Waals surface area (Å²) in [4.78, 5) is 22.4. The number of nitrogens with one attached hydrogen (secondary N) is 1. The fourth-order valence-corrected chi connectivity index (χ4v) is 1.74. The van der Waals surface area contributed by atoms with Crippen LogP contribution in [0.5, 0.6) is 0 Å². The molecule has 0 radical (unpaired) electrons. The second-order valence-corrected chi connectivity index (χ2v) is 4.85. The van der Waals surface area contributed by atoms with E-state index in [2.05, 4.69) is 5.32 Å². The summed E-state index contributed by atoms with van der Waals surface area (Å²) in [6, 6.07) is -0.758. The standard InChI is InChI=1S/C11H21NO3S/c1-4-8(2)10(11(14)15)12-9(13)6-5-7-16-3/h8,10H,4-7H2,1-3H3,(H,12,13)(H,14,15). The maximum Gasteiger partial charge on any atom is 0.326 e. The molecule has 0 saturated carbocycles. The van der Waals surface area contributed by atoms with E-state index in [1.807, 2.05) is 20.1 Å². The van der Waals surface area contributed by atoms with Gasteiger partial charge < -0.3 is 10.4 Å². The molecule has 0 heterocycles. The van der Waals surface area contributed by atoms with Gasteiger partial charge >= 0.3 is 5.97 Å². The molecule has 1 amide bonds. The van der Waals surface area contributed by atoms with Crippen LogP contribution in [-0.2, 0) is 9.59 Å². The third kappa shape index (κ3) is 6.00. The molecule has 0 fully saturated rings. The molecular formula is C11H21NO3S. The van der Waals surface area contributed by atoms with E-state index in [4.69, 9.17) is 5.11 Å². The van der Waals surface area contributed by atoms with Crippen LogP contribution in [0.3, 0.4) is 0 Å². The molecule has 0 aromatic carbocycles. The highest BCUT2D eigenvalue weighted by molar-refractivity contribution is 7.98. The van der Waals surface area contributed by atoms with Crippen LogP contribution in [0.1, 0.15) is 33.1 Å². The zero-order valence-electron chi connectivity index (χ0n) is 10.2. The molecule has 0 aliphatic heterocycles. The summed E-state index contributed by atoms with van der Waals surface area (Å²) in [5.74, 6) is -0.231. The number of carboxylic acid groups (broad SMARTS) is 1. The number of rotatable bonds is 8. The zero-order chi connectivity index (χ0) is 12.6. The third-order valence-electron chi connectivity index (χ3n) is 2.55. The Labute approximate surface area is 101 Å². The highest BCUT2D eigenvalue weighted by atomic mass is 32.2. The van der Waals surface area contributed by atoms with Crippen LogP contribution in [-0.4, -0.2) is 35.0 Å². The zero-order valence-corrected chi connectivity index (χ0v) is 11.0. The molecular weight excluding hydrogens is 226 g/mol. The van der Waals surface area contributed by atoms with E-state index in [-0.39, 0.29) is 11.8 Å². The van der Waals surface area contributed by atoms with Crippen molar-refractivity contribution in [1.82, 2.24) is 5.32 Å². The lowest BCUT2D eigenvalue weighted by Gasteiger charge is -2.20. The minimum Gasteiger partial charge on any atom is -0.480 e. The lowest BCUT2D eigenvalue weighted by molar-refractivity contribution is -0.143. The Kier molecular flexibility index (Phi) is 8.07. The lowest BCUT2D eigenvalue weighted by Crippen LogP contribution is -2.44. The quantitative estimate of drug-likeness (QED) is 0.641. The summed E-state index contributed by atoms with van der Waals surface area (Å²) in [6.45, 7) is 3.75. The van der Waals surface area contributed by atoms with Gasteiger partial charge in [-0.25, -0.2) is 4.79 Å². The molecule has 0 aliphatic carbocycles. The fraction of sp³-hybridized carbons (Fsp3) is 0.818. The molecule has 16 heavy (non-hydrogen) atoms. The van der Waals surface area contributed by atoms with Crippen molar-refractivity contribution < 1.29 is 14.7 Å². The van der Waals surface area contributed by atoms with Gasteiger partial charge in [0.2, 0.25) is 5.91 Å². The SMILES string of the molecule is CCC(C)C(NC(=O)CCCSC)C(=O)O.